The molecule has 58 valence electrons. The molecule has 0 aliphatic rings. The fourth-order valence-electron chi connectivity index (χ4n) is 1.09. The fraction of sp³-hybridized carbons (Fsp3) is 0.167. The van der Waals surface area contributed by atoms with E-state index in [-0.39, 0.29) is 37.7 Å². The molecule has 0 nitrogen and oxygen atoms in total. The Labute approximate surface area is 110 Å². The molecule has 0 fully saturated rings. The first-order valence-electron chi connectivity index (χ1n) is 3.74. The van der Waals surface area contributed by atoms with Gasteiger partial charge in [0.2, 0.25) is 0 Å². The summed E-state index contributed by atoms with van der Waals surface area (Å²) >= 11 is 0. The topological polar surface area (TPSA) is 0 Å². The van der Waals surface area contributed by atoms with Crippen LogP contribution in [0.25, 0.3) is 0 Å². The van der Waals surface area contributed by atoms with Gasteiger partial charge in [0.25, 0.3) is 0 Å². The van der Waals surface area contributed by atoms with Crippen LogP contribution in [0, 0.1) is 24.7 Å². The smallest absolute Gasteiger partial charge is 0.693 e. The van der Waals surface area contributed by atoms with Crippen molar-refractivity contribution in [3.8, 4) is 11.8 Å². The molecule has 0 heterocycles. The van der Waals surface area contributed by atoms with Gasteiger partial charge in [-0.25, -0.2) is 0 Å². The molecule has 0 atom stereocenters. The Morgan fingerprint density at radius 2 is 1.21 bits per heavy atom. The minimum Gasteiger partial charge on any atom is -0.693 e. The van der Waals surface area contributed by atoms with Crippen molar-refractivity contribution >= 4 is 0 Å². The first kappa shape index (κ1) is 16.0. The van der Waals surface area contributed by atoms with Gasteiger partial charge in [0, 0.05) is 0 Å². The summed E-state index contributed by atoms with van der Waals surface area (Å²) in [6, 6.07) is 7.77. The van der Waals surface area contributed by atoms with Gasteiger partial charge in [0.05, 0.1) is 0 Å². The van der Waals surface area contributed by atoms with Crippen molar-refractivity contribution in [1.29, 1.82) is 0 Å². The van der Waals surface area contributed by atoms with E-state index in [1.807, 2.05) is 24.3 Å². The zero-order valence-electron chi connectivity index (χ0n) is 8.72. The van der Waals surface area contributed by atoms with Crippen LogP contribution in [0.5, 0.6) is 0 Å². The van der Waals surface area contributed by atoms with E-state index in [9.17, 15) is 0 Å². The molecule has 0 saturated carbocycles. The van der Waals surface area contributed by atoms with Crippen LogP contribution in [0.3, 0.4) is 0 Å². The summed E-state index contributed by atoms with van der Waals surface area (Å²) in [6.07, 6.45) is 14.8. The Morgan fingerprint density at radius 3 is 1.50 bits per heavy atom. The Hall–Kier alpha value is -0.465. The third-order valence-electron chi connectivity index (χ3n) is 1.68. The van der Waals surface area contributed by atoms with Crippen LogP contribution in [0.4, 0.5) is 0 Å². The zero-order chi connectivity index (χ0) is 8.81. The first-order chi connectivity index (χ1) is 5.88. The van der Waals surface area contributed by atoms with E-state index >= 15 is 0 Å². The predicted molar refractivity (Wildman–Crippen MR) is 48.1 cm³/mol. The maximum Gasteiger partial charge on any atom is 1.00 e. The van der Waals surface area contributed by atoms with Crippen LogP contribution in [-0.2, 0) is 12.8 Å². The molecule has 0 radical (unpaired) electrons. The van der Waals surface area contributed by atoms with Crippen LogP contribution < -0.4 is 37.7 Å². The van der Waals surface area contributed by atoms with Crippen LogP contribution in [0.15, 0.2) is 24.3 Å². The summed E-state index contributed by atoms with van der Waals surface area (Å²) < 4.78 is 0. The second-order valence-electron chi connectivity index (χ2n) is 2.48. The third kappa shape index (κ3) is 4.68. The molecule has 0 aromatic heterocycles. The Morgan fingerprint density at radius 1 is 0.857 bits per heavy atom. The maximum atomic E-state index is 6.85. The normalized spacial score (nSPS) is 7.29. The molecular formula is C12H8Li2. The Kier molecular flexibility index (Phi) is 10.4. The first-order valence-corrected chi connectivity index (χ1v) is 3.74. The molecule has 14 heavy (non-hydrogen) atoms. The minimum atomic E-state index is 0. The summed E-state index contributed by atoms with van der Waals surface area (Å²) in [5, 5.41) is 0. The van der Waals surface area contributed by atoms with Crippen LogP contribution in [0.2, 0.25) is 0 Å². The summed E-state index contributed by atoms with van der Waals surface area (Å²) in [4.78, 5) is 0. The van der Waals surface area contributed by atoms with Crippen LogP contribution >= 0.6 is 0 Å². The van der Waals surface area contributed by atoms with Crippen molar-refractivity contribution in [3.05, 3.63) is 48.2 Å². The molecule has 1 rings (SSSR count). The van der Waals surface area contributed by atoms with Gasteiger partial charge >= 0.3 is 37.7 Å². The van der Waals surface area contributed by atoms with Crippen molar-refractivity contribution in [3.63, 3.8) is 0 Å². The molecule has 0 N–H and O–H groups in total. The van der Waals surface area contributed by atoms with Crippen molar-refractivity contribution in [2.24, 2.45) is 0 Å². The summed E-state index contributed by atoms with van der Waals surface area (Å²) in [7, 11) is 0. The molecule has 0 aliphatic heterocycles. The Balaban J connectivity index is 0. The van der Waals surface area contributed by atoms with E-state index in [0.29, 0.717) is 12.8 Å². The monoisotopic (exact) mass is 166 g/mol. The van der Waals surface area contributed by atoms with E-state index in [4.69, 9.17) is 12.8 Å². The van der Waals surface area contributed by atoms with E-state index in [1.54, 1.807) is 0 Å². The van der Waals surface area contributed by atoms with E-state index in [0.717, 1.165) is 11.1 Å². The standard InChI is InChI=1S/C12H8.2Li/c1-3-7-11-9-5-6-10-12(11)8-4-2;;/h5-6,9-10H,7-8H2;;/q-2;2*+1. The molecule has 1 aromatic carbocycles. The molecule has 2 heteroatoms. The predicted octanol–water partition coefficient (Wildman–Crippen LogP) is -4.04. The van der Waals surface area contributed by atoms with Crippen LogP contribution in [-0.4, -0.2) is 0 Å². The van der Waals surface area contributed by atoms with Gasteiger partial charge < -0.3 is 24.7 Å². The van der Waals surface area contributed by atoms with Gasteiger partial charge in [-0.1, -0.05) is 24.3 Å². The van der Waals surface area contributed by atoms with E-state index < -0.39 is 0 Å². The summed E-state index contributed by atoms with van der Waals surface area (Å²) in [5.74, 6) is 4.69. The second kappa shape index (κ2) is 9.10. The van der Waals surface area contributed by atoms with Gasteiger partial charge in [-0.05, 0) is 24.0 Å². The van der Waals surface area contributed by atoms with Crippen molar-refractivity contribution in [2.75, 3.05) is 0 Å². The largest absolute Gasteiger partial charge is 1.00 e. The number of hydrogen-bond donors (Lipinski definition) is 0. The van der Waals surface area contributed by atoms with Crippen molar-refractivity contribution < 1.29 is 37.7 Å². The summed E-state index contributed by atoms with van der Waals surface area (Å²) in [5.41, 5.74) is 2.12. The molecule has 0 saturated heterocycles. The van der Waals surface area contributed by atoms with Gasteiger partial charge in [0.1, 0.15) is 0 Å². The van der Waals surface area contributed by atoms with Gasteiger partial charge in [-0.15, -0.1) is 0 Å². The zero-order valence-corrected chi connectivity index (χ0v) is 8.72. The average Bonchev–Trinajstić information content (AvgIpc) is 2.09. The summed E-state index contributed by atoms with van der Waals surface area (Å²) in [6.45, 7) is 0. The number of hydrogen-bond acceptors (Lipinski definition) is 0. The quantitative estimate of drug-likeness (QED) is 0.238. The SMILES string of the molecule is [C-]#CCc1ccccc1CC#[C-].[Li+].[Li+]. The number of rotatable bonds is 2. The van der Waals surface area contributed by atoms with Crippen LogP contribution in [0.1, 0.15) is 11.1 Å². The maximum absolute atomic E-state index is 6.85. The van der Waals surface area contributed by atoms with Crippen molar-refractivity contribution in [2.45, 2.75) is 12.8 Å². The molecule has 1 aromatic rings. The second-order valence-corrected chi connectivity index (χ2v) is 2.48. The Bertz CT molecular complexity index is 307. The fourth-order valence-corrected chi connectivity index (χ4v) is 1.09. The molecular weight excluding hydrogens is 158 g/mol. The van der Waals surface area contributed by atoms with Crippen molar-refractivity contribution in [1.82, 2.24) is 0 Å². The molecule has 0 amide bonds. The van der Waals surface area contributed by atoms with E-state index in [1.165, 1.54) is 0 Å². The number of benzene rings is 1. The van der Waals surface area contributed by atoms with Gasteiger partial charge in [-0.2, -0.15) is 0 Å². The van der Waals surface area contributed by atoms with Gasteiger partial charge in [0.15, 0.2) is 0 Å². The molecule has 0 aliphatic carbocycles. The minimum absolute atomic E-state index is 0. The third-order valence-corrected chi connectivity index (χ3v) is 1.68. The molecule has 0 bridgehead atoms. The molecule has 0 spiro atoms. The van der Waals surface area contributed by atoms with E-state index in [2.05, 4.69) is 11.8 Å². The average molecular weight is 166 g/mol. The van der Waals surface area contributed by atoms with Gasteiger partial charge in [-0.3, -0.25) is 0 Å². The molecule has 0 unspecified atom stereocenters.